The standard InChI is InChI=1S/C11H9N3/c1-3-8-7-13-14-11(8)9(4-1)10-5-2-6-12-10/h1-7,12H,(H,13,14). The molecule has 68 valence electrons. The minimum atomic E-state index is 1.08. The van der Waals surface area contributed by atoms with E-state index in [0.29, 0.717) is 0 Å². The van der Waals surface area contributed by atoms with Gasteiger partial charge in [0.1, 0.15) is 0 Å². The lowest BCUT2D eigenvalue weighted by Crippen LogP contribution is -1.79. The third kappa shape index (κ3) is 0.956. The molecule has 0 unspecified atom stereocenters. The lowest BCUT2D eigenvalue weighted by atomic mass is 10.1. The Bertz CT molecular complexity index is 549. The molecule has 3 nitrogen and oxygen atoms in total. The maximum absolute atomic E-state index is 4.03. The summed E-state index contributed by atoms with van der Waals surface area (Å²) in [7, 11) is 0. The highest BCUT2D eigenvalue weighted by Crippen LogP contribution is 2.24. The van der Waals surface area contributed by atoms with Crippen molar-refractivity contribution in [2.24, 2.45) is 0 Å². The van der Waals surface area contributed by atoms with Crippen molar-refractivity contribution in [1.82, 2.24) is 15.2 Å². The van der Waals surface area contributed by atoms with Gasteiger partial charge in [-0.25, -0.2) is 0 Å². The van der Waals surface area contributed by atoms with Crippen LogP contribution in [0.5, 0.6) is 0 Å². The summed E-state index contributed by atoms with van der Waals surface area (Å²) in [5, 5.41) is 8.18. The number of rotatable bonds is 1. The van der Waals surface area contributed by atoms with E-state index in [4.69, 9.17) is 0 Å². The predicted molar refractivity (Wildman–Crippen MR) is 55.9 cm³/mol. The van der Waals surface area contributed by atoms with E-state index in [2.05, 4.69) is 27.3 Å². The number of nitrogens with zero attached hydrogens (tertiary/aromatic N) is 1. The molecule has 0 aliphatic rings. The Morgan fingerprint density at radius 3 is 2.93 bits per heavy atom. The molecule has 0 aliphatic heterocycles. The van der Waals surface area contributed by atoms with Crippen molar-refractivity contribution in [3.8, 4) is 11.3 Å². The fourth-order valence-corrected chi connectivity index (χ4v) is 1.69. The number of aromatic nitrogens is 3. The highest BCUT2D eigenvalue weighted by atomic mass is 15.1. The molecule has 0 radical (unpaired) electrons. The molecule has 3 aromatic rings. The molecule has 1 aromatic carbocycles. The normalized spacial score (nSPS) is 10.9. The maximum atomic E-state index is 4.03. The molecule has 0 bridgehead atoms. The number of nitrogens with one attached hydrogen (secondary N) is 2. The molecule has 3 rings (SSSR count). The van der Waals surface area contributed by atoms with Crippen LogP contribution in [-0.4, -0.2) is 15.2 Å². The minimum Gasteiger partial charge on any atom is -0.361 e. The molecule has 0 saturated carbocycles. The van der Waals surface area contributed by atoms with Gasteiger partial charge in [-0.2, -0.15) is 5.10 Å². The van der Waals surface area contributed by atoms with Crippen molar-refractivity contribution in [3.63, 3.8) is 0 Å². The molecule has 2 N–H and O–H groups in total. The molecule has 0 atom stereocenters. The van der Waals surface area contributed by atoms with Gasteiger partial charge in [0.15, 0.2) is 0 Å². The fraction of sp³-hybridized carbons (Fsp3) is 0. The average Bonchev–Trinajstić information content (AvgIpc) is 2.88. The van der Waals surface area contributed by atoms with Crippen LogP contribution in [-0.2, 0) is 0 Å². The molecule has 2 aromatic heterocycles. The number of hydrogen-bond acceptors (Lipinski definition) is 1. The van der Waals surface area contributed by atoms with Gasteiger partial charge >= 0.3 is 0 Å². The van der Waals surface area contributed by atoms with Crippen LogP contribution in [0.3, 0.4) is 0 Å². The SMILES string of the molecule is c1c[nH]c(-c2cccc3cn[nH]c23)c1. The lowest BCUT2D eigenvalue weighted by molar-refractivity contribution is 1.12. The molecule has 0 spiro atoms. The smallest absolute Gasteiger partial charge is 0.0743 e. The summed E-state index contributed by atoms with van der Waals surface area (Å²) >= 11 is 0. The summed E-state index contributed by atoms with van der Waals surface area (Å²) in [5.74, 6) is 0. The lowest BCUT2D eigenvalue weighted by Gasteiger charge is -1.98. The Kier molecular flexibility index (Phi) is 1.44. The first-order valence-electron chi connectivity index (χ1n) is 4.51. The second-order valence-corrected chi connectivity index (χ2v) is 3.22. The minimum absolute atomic E-state index is 1.08. The molecule has 14 heavy (non-hydrogen) atoms. The summed E-state index contributed by atoms with van der Waals surface area (Å²) < 4.78 is 0. The number of aromatic amines is 2. The monoisotopic (exact) mass is 183 g/mol. The number of benzene rings is 1. The molecule has 0 aliphatic carbocycles. The Balaban J connectivity index is 2.36. The number of hydrogen-bond donors (Lipinski definition) is 2. The maximum Gasteiger partial charge on any atom is 0.0743 e. The summed E-state index contributed by atoms with van der Waals surface area (Å²) in [6.45, 7) is 0. The van der Waals surface area contributed by atoms with Crippen molar-refractivity contribution in [2.45, 2.75) is 0 Å². The van der Waals surface area contributed by atoms with Crippen molar-refractivity contribution < 1.29 is 0 Å². The van der Waals surface area contributed by atoms with Gasteiger partial charge < -0.3 is 4.98 Å². The molecule has 2 heterocycles. The average molecular weight is 183 g/mol. The molecule has 0 saturated heterocycles. The number of H-pyrrole nitrogens is 2. The zero-order valence-electron chi connectivity index (χ0n) is 7.49. The van der Waals surface area contributed by atoms with E-state index in [0.717, 1.165) is 22.2 Å². The predicted octanol–water partition coefficient (Wildman–Crippen LogP) is 2.56. The van der Waals surface area contributed by atoms with Crippen molar-refractivity contribution >= 4 is 10.9 Å². The molecule has 0 amide bonds. The van der Waals surface area contributed by atoms with Gasteiger partial charge in [0.05, 0.1) is 11.7 Å². The summed E-state index contributed by atoms with van der Waals surface area (Å²) in [6.07, 6.45) is 3.76. The van der Waals surface area contributed by atoms with E-state index in [1.54, 1.807) is 0 Å². The first-order chi connectivity index (χ1) is 6.95. The number of para-hydroxylation sites is 1. The molecule has 0 fully saturated rings. The quantitative estimate of drug-likeness (QED) is 0.598. The van der Waals surface area contributed by atoms with Gasteiger partial charge in [-0.05, 0) is 12.1 Å². The van der Waals surface area contributed by atoms with Crippen molar-refractivity contribution in [3.05, 3.63) is 42.7 Å². The number of fused-ring (bicyclic) bond motifs is 1. The second kappa shape index (κ2) is 2.73. The Hall–Kier alpha value is -2.03. The first kappa shape index (κ1) is 7.38. The van der Waals surface area contributed by atoms with Crippen LogP contribution >= 0.6 is 0 Å². The van der Waals surface area contributed by atoms with E-state index < -0.39 is 0 Å². The van der Waals surface area contributed by atoms with E-state index >= 15 is 0 Å². The van der Waals surface area contributed by atoms with E-state index in [1.807, 2.05) is 30.6 Å². The van der Waals surface area contributed by atoms with Gasteiger partial charge in [-0.15, -0.1) is 0 Å². The molecular weight excluding hydrogens is 174 g/mol. The summed E-state index contributed by atoms with van der Waals surface area (Å²) in [6, 6.07) is 10.2. The molecule has 3 heteroatoms. The van der Waals surface area contributed by atoms with Gasteiger partial charge in [-0.3, -0.25) is 5.10 Å². The van der Waals surface area contributed by atoms with Gasteiger partial charge in [0, 0.05) is 22.8 Å². The Morgan fingerprint density at radius 2 is 2.07 bits per heavy atom. The van der Waals surface area contributed by atoms with Gasteiger partial charge in [0.2, 0.25) is 0 Å². The van der Waals surface area contributed by atoms with Gasteiger partial charge in [-0.1, -0.05) is 18.2 Å². The van der Waals surface area contributed by atoms with E-state index in [1.165, 1.54) is 0 Å². The Labute approximate surface area is 80.8 Å². The van der Waals surface area contributed by atoms with E-state index in [9.17, 15) is 0 Å². The summed E-state index contributed by atoms with van der Waals surface area (Å²) in [4.78, 5) is 3.19. The zero-order chi connectivity index (χ0) is 9.38. The van der Waals surface area contributed by atoms with Gasteiger partial charge in [0.25, 0.3) is 0 Å². The fourth-order valence-electron chi connectivity index (χ4n) is 1.69. The third-order valence-corrected chi connectivity index (χ3v) is 2.36. The zero-order valence-corrected chi connectivity index (χ0v) is 7.49. The topological polar surface area (TPSA) is 44.5 Å². The van der Waals surface area contributed by atoms with Crippen LogP contribution in [0.4, 0.5) is 0 Å². The van der Waals surface area contributed by atoms with Crippen molar-refractivity contribution in [1.29, 1.82) is 0 Å². The third-order valence-electron chi connectivity index (χ3n) is 2.36. The highest BCUT2D eigenvalue weighted by molar-refractivity contribution is 5.92. The van der Waals surface area contributed by atoms with Crippen LogP contribution in [0.15, 0.2) is 42.7 Å². The Morgan fingerprint density at radius 1 is 1.07 bits per heavy atom. The second-order valence-electron chi connectivity index (χ2n) is 3.22. The molecular formula is C11H9N3. The largest absolute Gasteiger partial charge is 0.361 e. The summed E-state index contributed by atoms with van der Waals surface area (Å²) in [5.41, 5.74) is 3.35. The first-order valence-corrected chi connectivity index (χ1v) is 4.51. The van der Waals surface area contributed by atoms with Crippen LogP contribution in [0, 0.1) is 0 Å². The van der Waals surface area contributed by atoms with Crippen LogP contribution in [0.25, 0.3) is 22.2 Å². The van der Waals surface area contributed by atoms with Crippen LogP contribution in [0.1, 0.15) is 0 Å². The van der Waals surface area contributed by atoms with Crippen LogP contribution < -0.4 is 0 Å². The van der Waals surface area contributed by atoms with Crippen molar-refractivity contribution in [2.75, 3.05) is 0 Å². The van der Waals surface area contributed by atoms with E-state index in [-0.39, 0.29) is 0 Å². The van der Waals surface area contributed by atoms with Crippen LogP contribution in [0.2, 0.25) is 0 Å². The highest BCUT2D eigenvalue weighted by Gasteiger charge is 2.04.